The van der Waals surface area contributed by atoms with Crippen molar-refractivity contribution in [2.75, 3.05) is 13.2 Å². The molecular formula is C28H33N3O3. The summed E-state index contributed by atoms with van der Waals surface area (Å²) in [6.07, 6.45) is 5.09. The predicted molar refractivity (Wildman–Crippen MR) is 134 cm³/mol. The summed E-state index contributed by atoms with van der Waals surface area (Å²) in [6.45, 7) is 6.55. The number of furan rings is 1. The lowest BCUT2D eigenvalue weighted by Gasteiger charge is -2.14. The fourth-order valence-electron chi connectivity index (χ4n) is 4.15. The Balaban J connectivity index is 1.30. The number of imidazole rings is 1. The molecule has 0 saturated carbocycles. The number of aryl methyl sites for hydroxylation is 2. The quantitative estimate of drug-likeness (QED) is 0.265. The number of amides is 1. The summed E-state index contributed by atoms with van der Waals surface area (Å²) in [7, 11) is 0. The molecule has 1 amide bonds. The van der Waals surface area contributed by atoms with Gasteiger partial charge >= 0.3 is 0 Å². The molecule has 2 aromatic carbocycles. The Bertz CT molecular complexity index is 1190. The molecule has 4 aromatic rings. The molecular weight excluding hydrogens is 426 g/mol. The van der Waals surface area contributed by atoms with Crippen molar-refractivity contribution in [2.24, 2.45) is 0 Å². The average molecular weight is 460 g/mol. The molecule has 0 fully saturated rings. The van der Waals surface area contributed by atoms with Gasteiger partial charge in [-0.05, 0) is 61.1 Å². The van der Waals surface area contributed by atoms with Gasteiger partial charge < -0.3 is 19.0 Å². The van der Waals surface area contributed by atoms with Crippen molar-refractivity contribution in [3.63, 3.8) is 0 Å². The van der Waals surface area contributed by atoms with E-state index in [-0.39, 0.29) is 5.91 Å². The average Bonchev–Trinajstić information content (AvgIpc) is 3.50. The van der Waals surface area contributed by atoms with Gasteiger partial charge in [0.2, 0.25) is 0 Å². The summed E-state index contributed by atoms with van der Waals surface area (Å²) in [6, 6.07) is 19.9. The molecule has 178 valence electrons. The predicted octanol–water partition coefficient (Wildman–Crippen LogP) is 5.97. The van der Waals surface area contributed by atoms with Crippen LogP contribution >= 0.6 is 0 Å². The van der Waals surface area contributed by atoms with E-state index >= 15 is 0 Å². The monoisotopic (exact) mass is 459 g/mol. The summed E-state index contributed by atoms with van der Waals surface area (Å²) in [5, 5.41) is 2.91. The highest BCUT2D eigenvalue weighted by molar-refractivity contribution is 5.91. The number of rotatable bonds is 12. The van der Waals surface area contributed by atoms with Crippen molar-refractivity contribution in [1.82, 2.24) is 14.9 Å². The van der Waals surface area contributed by atoms with Crippen molar-refractivity contribution in [1.29, 1.82) is 0 Å². The van der Waals surface area contributed by atoms with Crippen molar-refractivity contribution in [3.05, 3.63) is 84.1 Å². The first-order valence-electron chi connectivity index (χ1n) is 12.1. The molecule has 6 nitrogen and oxygen atoms in total. The molecule has 0 radical (unpaired) electrons. The lowest BCUT2D eigenvalue weighted by molar-refractivity contribution is 0.0925. The largest absolute Gasteiger partial charge is 0.493 e. The zero-order chi connectivity index (χ0) is 23.8. The molecule has 2 heterocycles. The second-order valence-corrected chi connectivity index (χ2v) is 8.75. The Morgan fingerprint density at radius 2 is 1.85 bits per heavy atom. The number of aromatic nitrogens is 2. The standard InChI is InChI=1S/C28H33N3O3/c1-21(2)22-11-3-6-14-25(22)33-19-8-7-18-31-24-13-5-4-12-23(24)30-27(31)16-9-17-29-28(32)26-15-10-20-34-26/h3-6,10-15,20-21H,7-9,16-19H2,1-2H3,(H,29,32). The fraction of sp³-hybridized carbons (Fsp3) is 0.357. The Hall–Kier alpha value is -3.54. The van der Waals surface area contributed by atoms with E-state index in [1.54, 1.807) is 12.1 Å². The van der Waals surface area contributed by atoms with Gasteiger partial charge in [-0.2, -0.15) is 0 Å². The Morgan fingerprint density at radius 1 is 1.03 bits per heavy atom. The summed E-state index contributed by atoms with van der Waals surface area (Å²) >= 11 is 0. The van der Waals surface area contributed by atoms with Gasteiger partial charge in [0.25, 0.3) is 5.91 Å². The number of benzene rings is 2. The maximum absolute atomic E-state index is 12.1. The van der Waals surface area contributed by atoms with Crippen LogP contribution in [0.5, 0.6) is 5.75 Å². The number of para-hydroxylation sites is 3. The lowest BCUT2D eigenvalue weighted by atomic mass is 10.0. The Morgan fingerprint density at radius 3 is 2.68 bits per heavy atom. The van der Waals surface area contributed by atoms with Gasteiger partial charge in [0.1, 0.15) is 11.6 Å². The molecule has 34 heavy (non-hydrogen) atoms. The maximum Gasteiger partial charge on any atom is 0.286 e. The third-order valence-corrected chi connectivity index (χ3v) is 5.92. The van der Waals surface area contributed by atoms with E-state index in [2.05, 4.69) is 60.1 Å². The number of unbranched alkanes of at least 4 members (excludes halogenated alkanes) is 1. The number of ether oxygens (including phenoxy) is 1. The molecule has 0 saturated heterocycles. The zero-order valence-corrected chi connectivity index (χ0v) is 20.0. The summed E-state index contributed by atoms with van der Waals surface area (Å²) in [4.78, 5) is 16.9. The lowest BCUT2D eigenvalue weighted by Crippen LogP contribution is -2.24. The highest BCUT2D eigenvalue weighted by Gasteiger charge is 2.12. The third kappa shape index (κ3) is 5.87. The van der Waals surface area contributed by atoms with Crippen molar-refractivity contribution in [3.8, 4) is 5.75 Å². The van der Waals surface area contributed by atoms with Crippen LogP contribution in [0.3, 0.4) is 0 Å². The molecule has 0 atom stereocenters. The molecule has 0 unspecified atom stereocenters. The first-order valence-corrected chi connectivity index (χ1v) is 12.1. The number of nitrogens with one attached hydrogen (secondary N) is 1. The maximum atomic E-state index is 12.1. The molecule has 0 spiro atoms. The summed E-state index contributed by atoms with van der Waals surface area (Å²) in [5.41, 5.74) is 3.42. The minimum Gasteiger partial charge on any atom is -0.493 e. The van der Waals surface area contributed by atoms with Gasteiger partial charge in [-0.15, -0.1) is 0 Å². The van der Waals surface area contributed by atoms with E-state index < -0.39 is 0 Å². The van der Waals surface area contributed by atoms with Crippen molar-refractivity contribution >= 4 is 16.9 Å². The highest BCUT2D eigenvalue weighted by atomic mass is 16.5. The van der Waals surface area contributed by atoms with Crippen LogP contribution < -0.4 is 10.1 Å². The number of carbonyl (C=O) groups is 1. The van der Waals surface area contributed by atoms with Crippen LogP contribution in [0.15, 0.2) is 71.3 Å². The van der Waals surface area contributed by atoms with Crippen LogP contribution in [0.2, 0.25) is 0 Å². The molecule has 0 aliphatic carbocycles. The van der Waals surface area contributed by atoms with E-state index in [0.29, 0.717) is 24.8 Å². The van der Waals surface area contributed by atoms with Crippen molar-refractivity contribution < 1.29 is 13.9 Å². The van der Waals surface area contributed by atoms with Crippen molar-refractivity contribution in [2.45, 2.75) is 52.0 Å². The molecule has 1 N–H and O–H groups in total. The van der Waals surface area contributed by atoms with Crippen LogP contribution in [-0.2, 0) is 13.0 Å². The van der Waals surface area contributed by atoms with E-state index in [1.165, 1.54) is 11.8 Å². The molecule has 4 rings (SSSR count). The first kappa shape index (κ1) is 23.6. The van der Waals surface area contributed by atoms with Gasteiger partial charge in [0.15, 0.2) is 5.76 Å². The number of hydrogen-bond acceptors (Lipinski definition) is 4. The Labute approximate surface area is 200 Å². The van der Waals surface area contributed by atoms with Crippen LogP contribution in [-0.4, -0.2) is 28.6 Å². The van der Waals surface area contributed by atoms with E-state index in [4.69, 9.17) is 14.1 Å². The minimum atomic E-state index is -0.183. The molecule has 2 aromatic heterocycles. The molecule has 0 aliphatic rings. The summed E-state index contributed by atoms with van der Waals surface area (Å²) in [5.74, 6) is 2.64. The van der Waals surface area contributed by atoms with Gasteiger partial charge in [-0.3, -0.25) is 4.79 Å². The molecule has 0 aliphatic heterocycles. The van der Waals surface area contributed by atoms with E-state index in [1.807, 2.05) is 12.1 Å². The first-order chi connectivity index (χ1) is 16.6. The number of carbonyl (C=O) groups excluding carboxylic acids is 1. The number of nitrogens with zero attached hydrogens (tertiary/aromatic N) is 2. The smallest absolute Gasteiger partial charge is 0.286 e. The second-order valence-electron chi connectivity index (χ2n) is 8.75. The van der Waals surface area contributed by atoms with Gasteiger partial charge in [-0.1, -0.05) is 44.2 Å². The second kappa shape index (κ2) is 11.5. The normalized spacial score (nSPS) is 11.3. The molecule has 0 bridgehead atoms. The minimum absolute atomic E-state index is 0.183. The van der Waals surface area contributed by atoms with Gasteiger partial charge in [0, 0.05) is 19.5 Å². The third-order valence-electron chi connectivity index (χ3n) is 5.92. The van der Waals surface area contributed by atoms with Gasteiger partial charge in [0.05, 0.1) is 23.9 Å². The topological polar surface area (TPSA) is 69.3 Å². The SMILES string of the molecule is CC(C)c1ccccc1OCCCCn1c(CCCNC(=O)c2ccco2)nc2ccccc21. The number of fused-ring (bicyclic) bond motifs is 1. The van der Waals surface area contributed by atoms with E-state index in [0.717, 1.165) is 54.8 Å². The highest BCUT2D eigenvalue weighted by Crippen LogP contribution is 2.26. The zero-order valence-electron chi connectivity index (χ0n) is 20.0. The van der Waals surface area contributed by atoms with E-state index in [9.17, 15) is 4.79 Å². The van der Waals surface area contributed by atoms with Crippen LogP contribution in [0.25, 0.3) is 11.0 Å². The van der Waals surface area contributed by atoms with Crippen LogP contribution in [0.4, 0.5) is 0 Å². The fourth-order valence-corrected chi connectivity index (χ4v) is 4.15. The van der Waals surface area contributed by atoms with Crippen LogP contribution in [0.1, 0.15) is 61.0 Å². The van der Waals surface area contributed by atoms with Gasteiger partial charge in [-0.25, -0.2) is 4.98 Å². The van der Waals surface area contributed by atoms with Crippen LogP contribution in [0, 0.1) is 0 Å². The number of hydrogen-bond donors (Lipinski definition) is 1. The molecule has 6 heteroatoms. The summed E-state index contributed by atoms with van der Waals surface area (Å²) < 4.78 is 13.5. The Kier molecular flexibility index (Phi) is 8.02.